The second-order valence-electron chi connectivity index (χ2n) is 6.73. The zero-order valence-electron chi connectivity index (χ0n) is 13.4. The molecule has 0 saturated heterocycles. The number of sulfone groups is 1. The summed E-state index contributed by atoms with van der Waals surface area (Å²) < 4.78 is 27.1. The standard InChI is InChI=1S/C15H20N4O2S2/c1-15(2,3)10-4-6-12(7-5-10)23(20,21)9-11-8-22-14-18-17-13(16)19(11)14/h4-7,11H,8-9H2,1-3H3,(H2,16,17). The Kier molecular flexibility index (Phi) is 3.92. The Balaban J connectivity index is 1.84. The predicted octanol–water partition coefficient (Wildman–Crippen LogP) is 2.28. The maximum Gasteiger partial charge on any atom is 0.223 e. The van der Waals surface area contributed by atoms with Crippen LogP contribution in [0.15, 0.2) is 34.3 Å². The molecule has 0 bridgehead atoms. The van der Waals surface area contributed by atoms with Crippen LogP contribution in [0, 0.1) is 0 Å². The third kappa shape index (κ3) is 3.10. The van der Waals surface area contributed by atoms with Gasteiger partial charge in [0, 0.05) is 5.75 Å². The van der Waals surface area contributed by atoms with Gasteiger partial charge in [0.15, 0.2) is 15.0 Å². The number of nitrogens with two attached hydrogens (primary N) is 1. The fraction of sp³-hybridized carbons (Fsp3) is 0.467. The highest BCUT2D eigenvalue weighted by molar-refractivity contribution is 7.99. The van der Waals surface area contributed by atoms with Crippen molar-refractivity contribution in [1.82, 2.24) is 14.8 Å². The molecule has 1 aliphatic rings. The molecule has 3 rings (SSSR count). The van der Waals surface area contributed by atoms with Gasteiger partial charge in [0.25, 0.3) is 0 Å². The van der Waals surface area contributed by atoms with Crippen LogP contribution in [-0.2, 0) is 15.3 Å². The van der Waals surface area contributed by atoms with Gasteiger partial charge >= 0.3 is 0 Å². The lowest BCUT2D eigenvalue weighted by Crippen LogP contribution is -2.21. The molecule has 2 heterocycles. The summed E-state index contributed by atoms with van der Waals surface area (Å²) in [6, 6.07) is 6.92. The van der Waals surface area contributed by atoms with Crippen LogP contribution in [0.2, 0.25) is 0 Å². The number of benzene rings is 1. The Bertz CT molecular complexity index is 820. The lowest BCUT2D eigenvalue weighted by atomic mass is 9.87. The third-order valence-electron chi connectivity index (χ3n) is 3.95. The summed E-state index contributed by atoms with van der Waals surface area (Å²) in [4.78, 5) is 0.343. The normalized spacial score (nSPS) is 18.1. The number of rotatable bonds is 3. The van der Waals surface area contributed by atoms with Gasteiger partial charge in [0.05, 0.1) is 16.7 Å². The number of thioether (sulfide) groups is 1. The molecule has 0 aliphatic carbocycles. The first-order chi connectivity index (χ1) is 10.7. The minimum atomic E-state index is -3.39. The van der Waals surface area contributed by atoms with Gasteiger partial charge in [-0.2, -0.15) is 0 Å². The van der Waals surface area contributed by atoms with Crippen LogP contribution >= 0.6 is 11.8 Å². The van der Waals surface area contributed by atoms with E-state index >= 15 is 0 Å². The van der Waals surface area contributed by atoms with E-state index < -0.39 is 9.84 Å². The molecule has 2 aromatic rings. The Hall–Kier alpha value is -1.54. The van der Waals surface area contributed by atoms with Crippen LogP contribution in [0.5, 0.6) is 0 Å². The van der Waals surface area contributed by atoms with Gasteiger partial charge in [-0.15, -0.1) is 10.2 Å². The van der Waals surface area contributed by atoms with Crippen molar-refractivity contribution in [2.45, 2.75) is 42.3 Å². The van der Waals surface area contributed by atoms with Gasteiger partial charge in [0.1, 0.15) is 0 Å². The molecular formula is C15H20N4O2S2. The Morgan fingerprint density at radius 2 is 1.91 bits per heavy atom. The summed E-state index contributed by atoms with van der Waals surface area (Å²) in [6.07, 6.45) is 0. The van der Waals surface area contributed by atoms with Gasteiger partial charge in [-0.25, -0.2) is 8.42 Å². The second-order valence-corrected chi connectivity index (χ2v) is 9.75. The first-order valence-electron chi connectivity index (χ1n) is 7.35. The van der Waals surface area contributed by atoms with Crippen LogP contribution in [0.3, 0.4) is 0 Å². The van der Waals surface area contributed by atoms with E-state index in [9.17, 15) is 8.42 Å². The van der Waals surface area contributed by atoms with Gasteiger partial charge < -0.3 is 5.73 Å². The van der Waals surface area contributed by atoms with Gasteiger partial charge in [0.2, 0.25) is 5.95 Å². The Labute approximate surface area is 140 Å². The van der Waals surface area contributed by atoms with Gasteiger partial charge in [-0.05, 0) is 23.1 Å². The van der Waals surface area contributed by atoms with Crippen molar-refractivity contribution < 1.29 is 8.42 Å². The van der Waals surface area contributed by atoms with Crippen molar-refractivity contribution in [3.05, 3.63) is 29.8 Å². The molecule has 2 N–H and O–H groups in total. The van der Waals surface area contributed by atoms with Crippen LogP contribution in [-0.4, -0.2) is 34.7 Å². The number of anilines is 1. The molecule has 0 spiro atoms. The minimum Gasteiger partial charge on any atom is -0.368 e. The van der Waals surface area contributed by atoms with Crippen LogP contribution < -0.4 is 5.73 Å². The van der Waals surface area contributed by atoms with Crippen molar-refractivity contribution in [3.63, 3.8) is 0 Å². The average molecular weight is 352 g/mol. The molecule has 124 valence electrons. The largest absolute Gasteiger partial charge is 0.368 e. The summed E-state index contributed by atoms with van der Waals surface area (Å²) >= 11 is 1.48. The molecule has 0 saturated carbocycles. The average Bonchev–Trinajstić information content (AvgIpc) is 3.02. The number of hydrogen-bond donors (Lipinski definition) is 1. The molecule has 1 aromatic carbocycles. The number of aromatic nitrogens is 3. The Morgan fingerprint density at radius 1 is 1.26 bits per heavy atom. The molecule has 0 amide bonds. The number of hydrogen-bond acceptors (Lipinski definition) is 6. The lowest BCUT2D eigenvalue weighted by molar-refractivity contribution is 0.554. The van der Waals surface area contributed by atoms with Crippen LogP contribution in [0.4, 0.5) is 5.95 Å². The highest BCUT2D eigenvalue weighted by atomic mass is 32.2. The summed E-state index contributed by atoms with van der Waals surface area (Å²) in [5, 5.41) is 8.43. The summed E-state index contributed by atoms with van der Waals surface area (Å²) in [5.41, 5.74) is 6.89. The molecule has 6 nitrogen and oxygen atoms in total. The molecular weight excluding hydrogens is 332 g/mol. The first kappa shape index (κ1) is 16.3. The summed E-state index contributed by atoms with van der Waals surface area (Å²) in [5.74, 6) is 0.923. The highest BCUT2D eigenvalue weighted by Crippen LogP contribution is 2.35. The van der Waals surface area contributed by atoms with Gasteiger partial charge in [-0.3, -0.25) is 4.57 Å². The quantitative estimate of drug-likeness (QED) is 0.911. The van der Waals surface area contributed by atoms with E-state index in [0.29, 0.717) is 15.8 Å². The van der Waals surface area contributed by atoms with Crippen molar-refractivity contribution in [2.24, 2.45) is 0 Å². The number of nitrogens with zero attached hydrogens (tertiary/aromatic N) is 3. The number of nitrogen functional groups attached to an aromatic ring is 1. The fourth-order valence-electron chi connectivity index (χ4n) is 2.61. The van der Waals surface area contributed by atoms with E-state index in [-0.39, 0.29) is 23.2 Å². The third-order valence-corrected chi connectivity index (χ3v) is 6.85. The van der Waals surface area contributed by atoms with E-state index in [1.165, 1.54) is 11.8 Å². The molecule has 1 atom stereocenters. The predicted molar refractivity (Wildman–Crippen MR) is 91.4 cm³/mol. The maximum absolute atomic E-state index is 12.7. The van der Waals surface area contributed by atoms with Crippen LogP contribution in [0.1, 0.15) is 32.4 Å². The minimum absolute atomic E-state index is 0.00375. The van der Waals surface area contributed by atoms with E-state index in [2.05, 4.69) is 31.0 Å². The fourth-order valence-corrected chi connectivity index (χ4v) is 5.36. The molecule has 1 unspecified atom stereocenters. The van der Waals surface area contributed by atoms with E-state index in [1.54, 1.807) is 16.7 Å². The zero-order chi connectivity index (χ0) is 16.8. The van der Waals surface area contributed by atoms with Crippen molar-refractivity contribution in [1.29, 1.82) is 0 Å². The van der Waals surface area contributed by atoms with Crippen molar-refractivity contribution in [3.8, 4) is 0 Å². The van der Waals surface area contributed by atoms with Gasteiger partial charge in [-0.1, -0.05) is 44.7 Å². The lowest BCUT2D eigenvalue weighted by Gasteiger charge is -2.19. The number of fused-ring (bicyclic) bond motifs is 1. The first-order valence-corrected chi connectivity index (χ1v) is 9.99. The van der Waals surface area contributed by atoms with Crippen LogP contribution in [0.25, 0.3) is 0 Å². The molecule has 0 fully saturated rings. The van der Waals surface area contributed by atoms with E-state index in [0.717, 1.165) is 5.56 Å². The summed E-state index contributed by atoms with van der Waals surface area (Å²) in [6.45, 7) is 6.30. The second kappa shape index (κ2) is 5.52. The smallest absolute Gasteiger partial charge is 0.223 e. The molecule has 1 aliphatic heterocycles. The highest BCUT2D eigenvalue weighted by Gasteiger charge is 2.31. The molecule has 0 radical (unpaired) electrons. The molecule has 1 aromatic heterocycles. The van der Waals surface area contributed by atoms with E-state index in [4.69, 9.17) is 5.73 Å². The van der Waals surface area contributed by atoms with Crippen molar-refractivity contribution in [2.75, 3.05) is 17.2 Å². The Morgan fingerprint density at radius 3 is 2.52 bits per heavy atom. The monoisotopic (exact) mass is 352 g/mol. The zero-order valence-corrected chi connectivity index (χ0v) is 15.0. The topological polar surface area (TPSA) is 90.9 Å². The summed E-state index contributed by atoms with van der Waals surface area (Å²) in [7, 11) is -3.39. The molecule has 23 heavy (non-hydrogen) atoms. The maximum atomic E-state index is 12.7. The SMILES string of the molecule is CC(C)(C)c1ccc(S(=O)(=O)CC2CSc3nnc(N)n32)cc1. The van der Waals surface area contributed by atoms with E-state index in [1.807, 2.05) is 12.1 Å². The molecule has 8 heteroatoms. The van der Waals surface area contributed by atoms with Crippen molar-refractivity contribution >= 4 is 27.5 Å².